The highest BCUT2D eigenvalue weighted by atomic mass is 16.5. The monoisotopic (exact) mass is 407 g/mol. The Morgan fingerprint density at radius 3 is 2.83 bits per heavy atom. The molecule has 2 fully saturated rings. The van der Waals surface area contributed by atoms with E-state index >= 15 is 0 Å². The van der Waals surface area contributed by atoms with Gasteiger partial charge in [-0.3, -0.25) is 14.0 Å². The van der Waals surface area contributed by atoms with Crippen LogP contribution in [-0.2, 0) is 4.74 Å². The van der Waals surface area contributed by atoms with Gasteiger partial charge in [0.2, 0.25) is 0 Å². The fraction of sp³-hybridized carbons (Fsp3) is 0.455. The maximum Gasteiger partial charge on any atom is 0.267 e. The van der Waals surface area contributed by atoms with Crippen molar-refractivity contribution in [2.45, 2.75) is 50.7 Å². The molecule has 8 heteroatoms. The zero-order chi connectivity index (χ0) is 20.5. The fourth-order valence-corrected chi connectivity index (χ4v) is 4.34. The van der Waals surface area contributed by atoms with Crippen LogP contribution in [0.3, 0.4) is 0 Å². The van der Waals surface area contributed by atoms with E-state index in [1.54, 1.807) is 24.4 Å². The van der Waals surface area contributed by atoms with Crippen molar-refractivity contribution in [1.29, 1.82) is 0 Å². The Hall–Kier alpha value is -3.00. The SMILES string of the molecule is O=C(NC1CCCC1)c1cc2c(=O)n3ccccc3nc2nc1NC[C@H]1CCCO1. The van der Waals surface area contributed by atoms with Crippen LogP contribution >= 0.6 is 0 Å². The minimum atomic E-state index is -0.233. The van der Waals surface area contributed by atoms with Gasteiger partial charge in [-0.15, -0.1) is 0 Å². The Morgan fingerprint density at radius 2 is 2.03 bits per heavy atom. The van der Waals surface area contributed by atoms with E-state index in [1.807, 2.05) is 6.07 Å². The number of hydrogen-bond donors (Lipinski definition) is 2. The van der Waals surface area contributed by atoms with Gasteiger partial charge in [0.05, 0.1) is 17.1 Å². The van der Waals surface area contributed by atoms with Crippen molar-refractivity contribution in [3.05, 3.63) is 46.4 Å². The third-order valence-electron chi connectivity index (χ3n) is 5.97. The number of pyridine rings is 2. The molecule has 0 aromatic carbocycles. The lowest BCUT2D eigenvalue weighted by atomic mass is 10.1. The average molecular weight is 407 g/mol. The lowest BCUT2D eigenvalue weighted by Gasteiger charge is -2.17. The van der Waals surface area contributed by atoms with Crippen molar-refractivity contribution < 1.29 is 9.53 Å². The van der Waals surface area contributed by atoms with E-state index in [4.69, 9.17) is 4.74 Å². The van der Waals surface area contributed by atoms with Crippen LogP contribution in [0.15, 0.2) is 35.3 Å². The van der Waals surface area contributed by atoms with Crippen LogP contribution in [0.2, 0.25) is 0 Å². The van der Waals surface area contributed by atoms with Gasteiger partial charge in [-0.1, -0.05) is 18.9 Å². The number of ether oxygens (including phenoxy) is 1. The Bertz CT molecular complexity index is 1150. The van der Waals surface area contributed by atoms with Crippen LogP contribution in [0, 0.1) is 0 Å². The van der Waals surface area contributed by atoms with E-state index in [9.17, 15) is 9.59 Å². The maximum absolute atomic E-state index is 13.1. The predicted molar refractivity (Wildman–Crippen MR) is 114 cm³/mol. The molecule has 5 rings (SSSR count). The van der Waals surface area contributed by atoms with Crippen LogP contribution in [0.5, 0.6) is 0 Å². The number of carbonyl (C=O) groups is 1. The van der Waals surface area contributed by atoms with Gasteiger partial charge >= 0.3 is 0 Å². The molecule has 1 saturated carbocycles. The standard InChI is InChI=1S/C22H25N5O3/c28-21(24-14-6-1-2-7-14)16-12-17-20(25-18-9-3-4-10-27(18)22(17)29)26-19(16)23-13-15-8-5-11-30-15/h3-4,9-10,12,14-15H,1-2,5-8,11,13H2,(H,23,26)(H,24,28)/t15-/m1/s1. The molecule has 0 radical (unpaired) electrons. The van der Waals surface area contributed by atoms with Crippen molar-refractivity contribution in [3.63, 3.8) is 0 Å². The van der Waals surface area contributed by atoms with Gasteiger partial charge in [0.25, 0.3) is 11.5 Å². The predicted octanol–water partition coefficient (Wildman–Crippen LogP) is 2.51. The van der Waals surface area contributed by atoms with Gasteiger partial charge in [-0.05, 0) is 43.9 Å². The molecular weight excluding hydrogens is 382 g/mol. The normalized spacial score (nSPS) is 19.5. The van der Waals surface area contributed by atoms with E-state index in [2.05, 4.69) is 20.6 Å². The summed E-state index contributed by atoms with van der Waals surface area (Å²) in [4.78, 5) is 35.2. The number of fused-ring (bicyclic) bond motifs is 2. The lowest BCUT2D eigenvalue weighted by molar-refractivity contribution is 0.0938. The van der Waals surface area contributed by atoms with Crippen LogP contribution in [-0.4, -0.2) is 45.6 Å². The van der Waals surface area contributed by atoms with Crippen LogP contribution in [0.25, 0.3) is 16.7 Å². The molecule has 156 valence electrons. The highest BCUT2D eigenvalue weighted by molar-refractivity contribution is 6.02. The number of carbonyl (C=O) groups excluding carboxylic acids is 1. The summed E-state index contributed by atoms with van der Waals surface area (Å²) in [5, 5.41) is 6.71. The van der Waals surface area contributed by atoms with Gasteiger partial charge in [-0.2, -0.15) is 0 Å². The smallest absolute Gasteiger partial charge is 0.267 e. The molecule has 1 amide bonds. The maximum atomic E-state index is 13.1. The van der Waals surface area contributed by atoms with Gasteiger partial charge in [0.1, 0.15) is 11.5 Å². The van der Waals surface area contributed by atoms with E-state index < -0.39 is 0 Å². The third kappa shape index (κ3) is 3.63. The molecule has 0 bridgehead atoms. The highest BCUT2D eigenvalue weighted by Crippen LogP contribution is 2.22. The van der Waals surface area contributed by atoms with E-state index in [-0.39, 0.29) is 23.6 Å². The number of nitrogens with zero attached hydrogens (tertiary/aromatic N) is 3. The number of aromatic nitrogens is 3. The molecule has 4 heterocycles. The van der Waals surface area contributed by atoms with Gasteiger partial charge < -0.3 is 15.4 Å². The second-order valence-electron chi connectivity index (χ2n) is 8.07. The molecule has 2 aliphatic rings. The van der Waals surface area contributed by atoms with Gasteiger partial charge in [0, 0.05) is 25.4 Å². The van der Waals surface area contributed by atoms with Crippen molar-refractivity contribution in [1.82, 2.24) is 19.7 Å². The first-order chi connectivity index (χ1) is 14.7. The van der Waals surface area contributed by atoms with Gasteiger partial charge in [0.15, 0.2) is 5.65 Å². The number of anilines is 1. The molecule has 2 N–H and O–H groups in total. The van der Waals surface area contributed by atoms with Crippen molar-refractivity contribution in [3.8, 4) is 0 Å². The molecule has 8 nitrogen and oxygen atoms in total. The van der Waals surface area contributed by atoms with Crippen LogP contribution < -0.4 is 16.2 Å². The quantitative estimate of drug-likeness (QED) is 0.631. The Labute approximate surface area is 173 Å². The number of rotatable bonds is 5. The van der Waals surface area contributed by atoms with E-state index in [1.165, 1.54) is 4.40 Å². The average Bonchev–Trinajstić information content (AvgIpc) is 3.46. The second-order valence-corrected chi connectivity index (χ2v) is 8.07. The summed E-state index contributed by atoms with van der Waals surface area (Å²) in [6.45, 7) is 1.33. The van der Waals surface area contributed by atoms with E-state index in [0.717, 1.165) is 45.1 Å². The lowest BCUT2D eigenvalue weighted by Crippen LogP contribution is -2.34. The molecule has 1 aliphatic carbocycles. The Morgan fingerprint density at radius 1 is 1.17 bits per heavy atom. The molecule has 1 saturated heterocycles. The molecule has 0 unspecified atom stereocenters. The number of amides is 1. The van der Waals surface area contributed by atoms with Gasteiger partial charge in [-0.25, -0.2) is 9.97 Å². The Kier molecular flexibility index (Phi) is 5.08. The van der Waals surface area contributed by atoms with Crippen molar-refractivity contribution >= 4 is 28.4 Å². The fourth-order valence-electron chi connectivity index (χ4n) is 4.34. The highest BCUT2D eigenvalue weighted by Gasteiger charge is 2.23. The minimum Gasteiger partial charge on any atom is -0.376 e. The third-order valence-corrected chi connectivity index (χ3v) is 5.97. The first-order valence-electron chi connectivity index (χ1n) is 10.7. The summed E-state index contributed by atoms with van der Waals surface area (Å²) in [7, 11) is 0. The molecule has 0 spiro atoms. The summed E-state index contributed by atoms with van der Waals surface area (Å²) in [6.07, 6.45) is 8.02. The first-order valence-corrected chi connectivity index (χ1v) is 10.7. The largest absolute Gasteiger partial charge is 0.376 e. The molecular formula is C22H25N5O3. The van der Waals surface area contributed by atoms with Crippen LogP contribution in [0.1, 0.15) is 48.9 Å². The van der Waals surface area contributed by atoms with Crippen molar-refractivity contribution in [2.75, 3.05) is 18.5 Å². The molecule has 30 heavy (non-hydrogen) atoms. The van der Waals surface area contributed by atoms with Crippen LogP contribution in [0.4, 0.5) is 5.82 Å². The summed E-state index contributed by atoms with van der Waals surface area (Å²) in [5.74, 6) is 0.240. The summed E-state index contributed by atoms with van der Waals surface area (Å²) in [6, 6.07) is 7.17. The summed E-state index contributed by atoms with van der Waals surface area (Å²) in [5.41, 5.74) is 1.00. The molecule has 1 atom stereocenters. The second kappa shape index (κ2) is 8.02. The molecule has 1 aliphatic heterocycles. The molecule has 3 aromatic heterocycles. The summed E-state index contributed by atoms with van der Waals surface area (Å²) < 4.78 is 7.16. The summed E-state index contributed by atoms with van der Waals surface area (Å²) >= 11 is 0. The zero-order valence-corrected chi connectivity index (χ0v) is 16.8. The first kappa shape index (κ1) is 19.0. The number of hydrogen-bond acceptors (Lipinski definition) is 6. The minimum absolute atomic E-state index is 0.100. The van der Waals surface area contributed by atoms with Crippen molar-refractivity contribution in [2.24, 2.45) is 0 Å². The molecule has 3 aromatic rings. The zero-order valence-electron chi connectivity index (χ0n) is 16.8. The number of nitrogens with one attached hydrogen (secondary N) is 2. The topological polar surface area (TPSA) is 97.6 Å². The Balaban J connectivity index is 1.56. The van der Waals surface area contributed by atoms with E-state index in [0.29, 0.717) is 34.6 Å².